The van der Waals surface area contributed by atoms with Crippen molar-refractivity contribution in [3.05, 3.63) is 47.5 Å². The Kier molecular flexibility index (Phi) is 4.32. The summed E-state index contributed by atoms with van der Waals surface area (Å²) < 4.78 is 0. The SMILES string of the molecule is C=Cc1ccccc1/C=C(\C)CC(C)N. The van der Waals surface area contributed by atoms with Crippen LogP contribution < -0.4 is 5.73 Å². The van der Waals surface area contributed by atoms with Crippen LogP contribution in [0.5, 0.6) is 0 Å². The molecule has 1 atom stereocenters. The highest BCUT2D eigenvalue weighted by Gasteiger charge is 1.98. The molecule has 0 bridgehead atoms. The molecule has 0 aliphatic heterocycles. The number of nitrogens with two attached hydrogens (primary N) is 1. The highest BCUT2D eigenvalue weighted by Crippen LogP contribution is 2.15. The summed E-state index contributed by atoms with van der Waals surface area (Å²) in [5.74, 6) is 0. The molecule has 0 saturated carbocycles. The highest BCUT2D eigenvalue weighted by atomic mass is 14.6. The van der Waals surface area contributed by atoms with Crippen LogP contribution in [0.15, 0.2) is 36.4 Å². The molecule has 0 aromatic heterocycles. The van der Waals surface area contributed by atoms with Gasteiger partial charge in [-0.1, -0.05) is 48.6 Å². The minimum atomic E-state index is 0.220. The minimum absolute atomic E-state index is 0.220. The molecular weight excluding hydrogens is 182 g/mol. The van der Waals surface area contributed by atoms with E-state index in [0.29, 0.717) is 0 Å². The van der Waals surface area contributed by atoms with Crippen molar-refractivity contribution in [3.8, 4) is 0 Å². The zero-order valence-electron chi connectivity index (χ0n) is 9.53. The first kappa shape index (κ1) is 11.7. The molecule has 1 heteroatoms. The molecule has 0 aliphatic carbocycles. The van der Waals surface area contributed by atoms with Gasteiger partial charge < -0.3 is 5.73 Å². The Morgan fingerprint density at radius 2 is 2.00 bits per heavy atom. The van der Waals surface area contributed by atoms with Gasteiger partial charge in [-0.15, -0.1) is 0 Å². The molecule has 0 fully saturated rings. The lowest BCUT2D eigenvalue weighted by Gasteiger charge is -2.06. The van der Waals surface area contributed by atoms with Crippen molar-refractivity contribution in [2.24, 2.45) is 5.73 Å². The van der Waals surface area contributed by atoms with Crippen LogP contribution >= 0.6 is 0 Å². The first-order chi connectivity index (χ1) is 7.13. The van der Waals surface area contributed by atoms with E-state index in [9.17, 15) is 0 Å². The zero-order chi connectivity index (χ0) is 11.3. The van der Waals surface area contributed by atoms with E-state index in [2.05, 4.69) is 31.7 Å². The van der Waals surface area contributed by atoms with Gasteiger partial charge in [0.25, 0.3) is 0 Å². The average Bonchev–Trinajstić information content (AvgIpc) is 2.17. The fraction of sp³-hybridized carbons (Fsp3) is 0.286. The van der Waals surface area contributed by atoms with Gasteiger partial charge in [0.1, 0.15) is 0 Å². The molecule has 0 amide bonds. The van der Waals surface area contributed by atoms with Crippen LogP contribution in [0.2, 0.25) is 0 Å². The van der Waals surface area contributed by atoms with Crippen molar-refractivity contribution in [1.82, 2.24) is 0 Å². The molecule has 0 radical (unpaired) electrons. The number of benzene rings is 1. The summed E-state index contributed by atoms with van der Waals surface area (Å²) in [6.07, 6.45) is 5.00. The Morgan fingerprint density at radius 1 is 1.40 bits per heavy atom. The third-order valence-electron chi connectivity index (χ3n) is 2.26. The van der Waals surface area contributed by atoms with Crippen LogP contribution in [0.4, 0.5) is 0 Å². The van der Waals surface area contributed by atoms with Gasteiger partial charge in [0.2, 0.25) is 0 Å². The van der Waals surface area contributed by atoms with E-state index in [1.807, 2.05) is 25.1 Å². The smallest absolute Gasteiger partial charge is 0.00476 e. The molecule has 80 valence electrons. The van der Waals surface area contributed by atoms with E-state index < -0.39 is 0 Å². The largest absolute Gasteiger partial charge is 0.328 e. The van der Waals surface area contributed by atoms with Crippen molar-refractivity contribution in [2.45, 2.75) is 26.3 Å². The first-order valence-electron chi connectivity index (χ1n) is 5.27. The molecule has 1 aromatic carbocycles. The summed E-state index contributed by atoms with van der Waals surface area (Å²) in [7, 11) is 0. The fourth-order valence-electron chi connectivity index (χ4n) is 1.66. The zero-order valence-corrected chi connectivity index (χ0v) is 9.53. The normalized spacial score (nSPS) is 13.7. The average molecular weight is 201 g/mol. The Balaban J connectivity index is 2.91. The molecule has 15 heavy (non-hydrogen) atoms. The second kappa shape index (κ2) is 5.52. The van der Waals surface area contributed by atoms with Crippen molar-refractivity contribution < 1.29 is 0 Å². The van der Waals surface area contributed by atoms with E-state index in [0.717, 1.165) is 6.42 Å². The maximum Gasteiger partial charge on any atom is 0.00476 e. The molecule has 0 spiro atoms. The maximum atomic E-state index is 5.76. The summed E-state index contributed by atoms with van der Waals surface area (Å²) in [5.41, 5.74) is 9.44. The molecule has 0 saturated heterocycles. The van der Waals surface area contributed by atoms with Crippen LogP contribution in [-0.4, -0.2) is 6.04 Å². The Labute approximate surface area is 92.3 Å². The van der Waals surface area contributed by atoms with Gasteiger partial charge in [-0.3, -0.25) is 0 Å². The third-order valence-corrected chi connectivity index (χ3v) is 2.26. The van der Waals surface area contributed by atoms with E-state index in [1.54, 1.807) is 0 Å². The molecule has 1 nitrogen and oxygen atoms in total. The van der Waals surface area contributed by atoms with E-state index in [-0.39, 0.29) is 6.04 Å². The predicted octanol–water partition coefficient (Wildman–Crippen LogP) is 3.47. The van der Waals surface area contributed by atoms with Crippen molar-refractivity contribution in [1.29, 1.82) is 0 Å². The topological polar surface area (TPSA) is 26.0 Å². The van der Waals surface area contributed by atoms with Crippen LogP contribution in [-0.2, 0) is 0 Å². The van der Waals surface area contributed by atoms with Crippen LogP contribution in [0.1, 0.15) is 31.4 Å². The summed E-state index contributed by atoms with van der Waals surface area (Å²) in [6, 6.07) is 8.45. The minimum Gasteiger partial charge on any atom is -0.328 e. The number of hydrogen-bond acceptors (Lipinski definition) is 1. The van der Waals surface area contributed by atoms with E-state index in [4.69, 9.17) is 5.73 Å². The Bertz CT molecular complexity index is 361. The lowest BCUT2D eigenvalue weighted by atomic mass is 10.0. The van der Waals surface area contributed by atoms with Gasteiger partial charge in [0.15, 0.2) is 0 Å². The third kappa shape index (κ3) is 3.72. The molecule has 1 aromatic rings. The molecule has 1 rings (SSSR count). The summed E-state index contributed by atoms with van der Waals surface area (Å²) >= 11 is 0. The van der Waals surface area contributed by atoms with Gasteiger partial charge in [0, 0.05) is 6.04 Å². The summed E-state index contributed by atoms with van der Waals surface area (Å²) in [5, 5.41) is 0. The summed E-state index contributed by atoms with van der Waals surface area (Å²) in [4.78, 5) is 0. The second-order valence-electron chi connectivity index (χ2n) is 4.01. The first-order valence-corrected chi connectivity index (χ1v) is 5.27. The van der Waals surface area contributed by atoms with Crippen LogP contribution in [0.25, 0.3) is 12.2 Å². The molecule has 2 N–H and O–H groups in total. The molecular formula is C14H19N. The standard InChI is InChI=1S/C14H19N/c1-4-13-7-5-6-8-14(13)10-11(2)9-12(3)15/h4-8,10,12H,1,9,15H2,2-3H3/b11-10+. The predicted molar refractivity (Wildman–Crippen MR) is 68.5 cm³/mol. The number of hydrogen-bond donors (Lipinski definition) is 1. The maximum absolute atomic E-state index is 5.76. The van der Waals surface area contributed by atoms with Gasteiger partial charge in [-0.05, 0) is 31.4 Å². The van der Waals surface area contributed by atoms with E-state index in [1.165, 1.54) is 16.7 Å². The Hall–Kier alpha value is -1.34. The van der Waals surface area contributed by atoms with Crippen LogP contribution in [0, 0.1) is 0 Å². The lowest BCUT2D eigenvalue weighted by Crippen LogP contribution is -2.14. The molecule has 1 unspecified atom stereocenters. The van der Waals surface area contributed by atoms with Gasteiger partial charge >= 0.3 is 0 Å². The molecule has 0 aliphatic rings. The summed E-state index contributed by atoms with van der Waals surface area (Å²) in [6.45, 7) is 7.94. The monoisotopic (exact) mass is 201 g/mol. The van der Waals surface area contributed by atoms with E-state index >= 15 is 0 Å². The lowest BCUT2D eigenvalue weighted by molar-refractivity contribution is 0.734. The second-order valence-corrected chi connectivity index (χ2v) is 4.01. The van der Waals surface area contributed by atoms with Gasteiger partial charge in [-0.25, -0.2) is 0 Å². The molecule has 0 heterocycles. The van der Waals surface area contributed by atoms with Crippen LogP contribution in [0.3, 0.4) is 0 Å². The fourth-order valence-corrected chi connectivity index (χ4v) is 1.66. The van der Waals surface area contributed by atoms with Gasteiger partial charge in [-0.2, -0.15) is 0 Å². The highest BCUT2D eigenvalue weighted by molar-refractivity contribution is 5.65. The van der Waals surface area contributed by atoms with Gasteiger partial charge in [0.05, 0.1) is 0 Å². The Morgan fingerprint density at radius 3 is 2.53 bits per heavy atom. The quantitative estimate of drug-likeness (QED) is 0.793. The number of rotatable bonds is 4. The van der Waals surface area contributed by atoms with Crippen molar-refractivity contribution >= 4 is 12.2 Å². The van der Waals surface area contributed by atoms with Crippen molar-refractivity contribution in [2.75, 3.05) is 0 Å². The van der Waals surface area contributed by atoms with Crippen molar-refractivity contribution in [3.63, 3.8) is 0 Å².